The third kappa shape index (κ3) is 5.93. The summed E-state index contributed by atoms with van der Waals surface area (Å²) in [7, 11) is 0. The molecular weight excluding hydrogens is 388 g/mol. The maximum Gasteiger partial charge on any atom is 0.303 e. The van der Waals surface area contributed by atoms with Gasteiger partial charge in [0.15, 0.2) is 5.78 Å². The summed E-state index contributed by atoms with van der Waals surface area (Å²) < 4.78 is 5.82. The van der Waals surface area contributed by atoms with Crippen LogP contribution in [-0.2, 0) is 11.4 Å². The molecule has 4 nitrogen and oxygen atoms in total. The first-order valence-electron chi connectivity index (χ1n) is 9.31. The predicted octanol–water partition coefficient (Wildman–Crippen LogP) is 5.75. The van der Waals surface area contributed by atoms with Gasteiger partial charge >= 0.3 is 5.97 Å². The molecule has 5 heteroatoms. The Kier molecular flexibility index (Phi) is 7.04. The molecule has 0 spiro atoms. The van der Waals surface area contributed by atoms with Crippen LogP contribution < -0.4 is 4.74 Å². The molecule has 0 aliphatic carbocycles. The van der Waals surface area contributed by atoms with Gasteiger partial charge in [0.05, 0.1) is 0 Å². The Morgan fingerprint density at radius 3 is 2.41 bits per heavy atom. The molecule has 3 aromatic rings. The van der Waals surface area contributed by atoms with E-state index in [4.69, 9.17) is 21.4 Å². The number of halogens is 1. The van der Waals surface area contributed by atoms with E-state index in [1.807, 2.05) is 30.3 Å². The molecule has 3 rings (SSSR count). The van der Waals surface area contributed by atoms with Crippen molar-refractivity contribution in [2.75, 3.05) is 0 Å². The minimum atomic E-state index is -0.940. The number of carboxylic acids is 1. The van der Waals surface area contributed by atoms with E-state index in [0.717, 1.165) is 5.56 Å². The van der Waals surface area contributed by atoms with Crippen LogP contribution in [0, 0.1) is 0 Å². The van der Waals surface area contributed by atoms with Gasteiger partial charge in [0, 0.05) is 22.9 Å². The highest BCUT2D eigenvalue weighted by Gasteiger charge is 2.23. The minimum absolute atomic E-state index is 0.104. The smallest absolute Gasteiger partial charge is 0.303 e. The lowest BCUT2D eigenvalue weighted by atomic mass is 9.87. The van der Waals surface area contributed by atoms with Gasteiger partial charge in [0.25, 0.3) is 0 Å². The second-order valence-electron chi connectivity index (χ2n) is 6.71. The number of aliphatic carboxylic acids is 1. The number of rotatable bonds is 9. The van der Waals surface area contributed by atoms with Crippen LogP contribution in [-0.4, -0.2) is 16.9 Å². The van der Waals surface area contributed by atoms with Crippen molar-refractivity contribution in [3.63, 3.8) is 0 Å². The quantitative estimate of drug-likeness (QED) is 0.458. The van der Waals surface area contributed by atoms with Gasteiger partial charge in [-0.3, -0.25) is 9.59 Å². The monoisotopic (exact) mass is 408 g/mol. The van der Waals surface area contributed by atoms with Crippen molar-refractivity contribution < 1.29 is 19.4 Å². The lowest BCUT2D eigenvalue weighted by Gasteiger charge is -2.17. The van der Waals surface area contributed by atoms with Gasteiger partial charge < -0.3 is 9.84 Å². The largest absolute Gasteiger partial charge is 0.489 e. The normalized spacial score (nSPS) is 11.6. The topological polar surface area (TPSA) is 63.6 Å². The summed E-state index contributed by atoms with van der Waals surface area (Å²) in [5.41, 5.74) is 2.22. The van der Waals surface area contributed by atoms with Crippen molar-refractivity contribution in [1.29, 1.82) is 0 Å². The molecule has 0 aromatic heterocycles. The van der Waals surface area contributed by atoms with Gasteiger partial charge in [-0.05, 0) is 41.8 Å². The first-order valence-corrected chi connectivity index (χ1v) is 9.69. The Morgan fingerprint density at radius 1 is 0.931 bits per heavy atom. The molecule has 1 unspecified atom stereocenters. The van der Waals surface area contributed by atoms with E-state index < -0.39 is 11.9 Å². The van der Waals surface area contributed by atoms with E-state index >= 15 is 0 Å². The molecule has 0 amide bonds. The zero-order valence-corrected chi connectivity index (χ0v) is 16.5. The molecule has 0 radical (unpaired) electrons. The highest BCUT2D eigenvalue weighted by molar-refractivity contribution is 6.30. The summed E-state index contributed by atoms with van der Waals surface area (Å²) in [5.74, 6) is -1.10. The Bertz CT molecular complexity index is 985. The summed E-state index contributed by atoms with van der Waals surface area (Å²) in [4.78, 5) is 24.3. The fourth-order valence-corrected chi connectivity index (χ4v) is 3.32. The summed E-state index contributed by atoms with van der Waals surface area (Å²) in [6.07, 6.45) is 0.0940. The Labute approximate surface area is 174 Å². The van der Waals surface area contributed by atoms with Crippen LogP contribution in [0.3, 0.4) is 0 Å². The molecule has 0 bridgehead atoms. The fraction of sp³-hybridized carbons (Fsp3) is 0.167. The van der Waals surface area contributed by atoms with Gasteiger partial charge in [0.1, 0.15) is 12.4 Å². The molecule has 148 valence electrons. The van der Waals surface area contributed by atoms with Gasteiger partial charge in [0.2, 0.25) is 0 Å². The molecule has 1 N–H and O–H groups in total. The fourth-order valence-electron chi connectivity index (χ4n) is 3.12. The number of hydrogen-bond acceptors (Lipinski definition) is 3. The standard InChI is InChI=1S/C24H21ClO4/c25-20-10-4-8-18(14-20)22(12-13-23(26)27)24(28)19-9-5-11-21(15-19)29-16-17-6-2-1-3-7-17/h1-11,14-15,22H,12-13,16H2,(H,26,27). The second kappa shape index (κ2) is 9.89. The number of carbonyl (C=O) groups is 2. The number of ketones is 1. The Balaban J connectivity index is 1.80. The average molecular weight is 409 g/mol. The maximum atomic E-state index is 13.2. The third-order valence-corrected chi connectivity index (χ3v) is 4.82. The molecule has 0 saturated carbocycles. The van der Waals surface area contributed by atoms with Gasteiger partial charge in [-0.25, -0.2) is 0 Å². The molecule has 3 aromatic carbocycles. The number of benzene rings is 3. The molecular formula is C24H21ClO4. The van der Waals surface area contributed by atoms with Gasteiger partial charge in [-0.15, -0.1) is 0 Å². The van der Waals surface area contributed by atoms with Crippen molar-refractivity contribution >= 4 is 23.4 Å². The van der Waals surface area contributed by atoms with Crippen LogP contribution in [0.5, 0.6) is 5.75 Å². The SMILES string of the molecule is O=C(O)CCC(C(=O)c1cccc(OCc2ccccc2)c1)c1cccc(Cl)c1. The Hall–Kier alpha value is -3.11. The van der Waals surface area contributed by atoms with Crippen molar-refractivity contribution in [2.45, 2.75) is 25.4 Å². The number of ether oxygens (including phenoxy) is 1. The van der Waals surface area contributed by atoms with Crippen LogP contribution in [0.15, 0.2) is 78.9 Å². The number of Topliss-reactive ketones (excluding diaryl/α,β-unsaturated/α-hetero) is 1. The Morgan fingerprint density at radius 2 is 1.69 bits per heavy atom. The average Bonchev–Trinajstić information content (AvgIpc) is 2.73. The number of carboxylic acid groups (broad SMARTS) is 1. The molecule has 0 fully saturated rings. The van der Waals surface area contributed by atoms with Crippen molar-refractivity contribution in [3.05, 3.63) is 101 Å². The van der Waals surface area contributed by atoms with Crippen LogP contribution >= 0.6 is 11.6 Å². The van der Waals surface area contributed by atoms with E-state index in [0.29, 0.717) is 28.5 Å². The summed E-state index contributed by atoms with van der Waals surface area (Å²) in [6.45, 7) is 0.398. The van der Waals surface area contributed by atoms with Crippen LogP contribution in [0.2, 0.25) is 5.02 Å². The van der Waals surface area contributed by atoms with Crippen LogP contribution in [0.1, 0.15) is 40.2 Å². The highest BCUT2D eigenvalue weighted by Crippen LogP contribution is 2.29. The highest BCUT2D eigenvalue weighted by atomic mass is 35.5. The molecule has 0 aliphatic heterocycles. The van der Waals surface area contributed by atoms with E-state index in [1.165, 1.54) is 0 Å². The number of carbonyl (C=O) groups excluding carboxylic acids is 1. The van der Waals surface area contributed by atoms with Gasteiger partial charge in [-0.2, -0.15) is 0 Å². The first-order chi connectivity index (χ1) is 14.0. The van der Waals surface area contributed by atoms with E-state index in [1.54, 1.807) is 48.5 Å². The predicted molar refractivity (Wildman–Crippen MR) is 113 cm³/mol. The summed E-state index contributed by atoms with van der Waals surface area (Å²) in [5, 5.41) is 9.59. The summed E-state index contributed by atoms with van der Waals surface area (Å²) >= 11 is 6.08. The first kappa shape index (κ1) is 20.6. The zero-order valence-electron chi connectivity index (χ0n) is 15.8. The van der Waals surface area contributed by atoms with Crippen molar-refractivity contribution in [2.24, 2.45) is 0 Å². The summed E-state index contributed by atoms with van der Waals surface area (Å²) in [6, 6.07) is 23.7. The second-order valence-corrected chi connectivity index (χ2v) is 7.14. The van der Waals surface area contributed by atoms with Gasteiger partial charge in [-0.1, -0.05) is 66.2 Å². The number of hydrogen-bond donors (Lipinski definition) is 1. The lowest BCUT2D eigenvalue weighted by Crippen LogP contribution is -2.15. The van der Waals surface area contributed by atoms with E-state index in [9.17, 15) is 9.59 Å². The van der Waals surface area contributed by atoms with E-state index in [-0.39, 0.29) is 18.6 Å². The maximum absolute atomic E-state index is 13.2. The molecule has 0 aliphatic rings. The lowest BCUT2D eigenvalue weighted by molar-refractivity contribution is -0.137. The molecule has 29 heavy (non-hydrogen) atoms. The van der Waals surface area contributed by atoms with Crippen LogP contribution in [0.25, 0.3) is 0 Å². The van der Waals surface area contributed by atoms with Crippen molar-refractivity contribution in [1.82, 2.24) is 0 Å². The zero-order chi connectivity index (χ0) is 20.6. The molecule has 0 heterocycles. The molecule has 1 atom stereocenters. The van der Waals surface area contributed by atoms with Crippen molar-refractivity contribution in [3.8, 4) is 5.75 Å². The van der Waals surface area contributed by atoms with E-state index in [2.05, 4.69) is 0 Å². The minimum Gasteiger partial charge on any atom is -0.489 e. The molecule has 0 saturated heterocycles. The van der Waals surface area contributed by atoms with Crippen LogP contribution in [0.4, 0.5) is 0 Å². The third-order valence-electron chi connectivity index (χ3n) is 4.58.